The number of nitrogens with one attached hydrogen (secondary N) is 4. The van der Waals surface area contributed by atoms with Gasteiger partial charge in [-0.1, -0.05) is 65.8 Å². The molecule has 2 amide bonds. The molecule has 12 heteroatoms. The van der Waals surface area contributed by atoms with Crippen LogP contribution in [0.15, 0.2) is 60.9 Å². The summed E-state index contributed by atoms with van der Waals surface area (Å²) in [5.41, 5.74) is 2.72. The Bertz CT molecular complexity index is 2070. The van der Waals surface area contributed by atoms with Crippen molar-refractivity contribution in [2.45, 2.75) is 117 Å². The first-order valence-electron chi connectivity index (χ1n) is 19.7. The Balaban J connectivity index is 1.08. The van der Waals surface area contributed by atoms with Crippen LogP contribution in [-0.2, 0) is 9.59 Å². The summed E-state index contributed by atoms with van der Waals surface area (Å²) in [5, 5.41) is 10.4. The fraction of sp³-hybridized carbons (Fsp3) is 0.500. The molecule has 7 rings (SSSR count). The molecule has 2 saturated carbocycles. The molecule has 2 heterocycles. The van der Waals surface area contributed by atoms with E-state index in [1.165, 1.54) is 0 Å². The van der Waals surface area contributed by atoms with Crippen LogP contribution in [0.3, 0.4) is 0 Å². The van der Waals surface area contributed by atoms with Crippen molar-refractivity contribution >= 4 is 33.4 Å². The fourth-order valence-electron chi connectivity index (χ4n) is 8.11. The molecular formula is C44H52F4N6O2. The summed E-state index contributed by atoms with van der Waals surface area (Å²) in [4.78, 5) is 42.6. The number of amides is 2. The van der Waals surface area contributed by atoms with Crippen molar-refractivity contribution in [2.75, 3.05) is 0 Å². The minimum Gasteiger partial charge on any atom is -0.345 e. The number of carbonyl (C=O) groups is 2. The lowest BCUT2D eigenvalue weighted by Crippen LogP contribution is -2.42. The van der Waals surface area contributed by atoms with Crippen LogP contribution in [0, 0.1) is 22.7 Å². The van der Waals surface area contributed by atoms with Crippen molar-refractivity contribution in [1.29, 1.82) is 0 Å². The van der Waals surface area contributed by atoms with Crippen LogP contribution in [0.5, 0.6) is 0 Å². The standard InChI is InChI=1S/C44H52F4N6O2/c1-41(2,3)35(53-39(55)25-11-15-43(45,46)16-12-25)37-49-23-33(51-37)29-9-7-27-20-32-22-30(10-8-28(32)19-31(27)21-29)34-24-50-38(52-34)36(42(4,5)6)54-40(56)26-13-17-44(47,48)18-14-26/h7-10,19-26,35-36H,11-18H2,1-6H3,(H,49,51)(H,50,52)(H,53,55)(H,54,56)/t35-,36?/m1/s1. The fourth-order valence-corrected chi connectivity index (χ4v) is 8.11. The van der Waals surface area contributed by atoms with E-state index < -0.39 is 35.8 Å². The lowest BCUT2D eigenvalue weighted by molar-refractivity contribution is -0.131. The van der Waals surface area contributed by atoms with Crippen molar-refractivity contribution < 1.29 is 27.2 Å². The van der Waals surface area contributed by atoms with Crippen LogP contribution < -0.4 is 10.6 Å². The number of nitrogens with zero attached hydrogens (tertiary/aromatic N) is 2. The highest BCUT2D eigenvalue weighted by Gasteiger charge is 2.41. The average Bonchev–Trinajstić information content (AvgIpc) is 3.81. The first-order chi connectivity index (χ1) is 26.2. The number of imidazole rings is 2. The van der Waals surface area contributed by atoms with E-state index in [1.807, 2.05) is 53.7 Å². The number of hydrogen-bond donors (Lipinski definition) is 4. The van der Waals surface area contributed by atoms with Crippen molar-refractivity contribution in [3.05, 3.63) is 72.6 Å². The number of aromatic amines is 2. The van der Waals surface area contributed by atoms with Gasteiger partial charge in [0.1, 0.15) is 11.6 Å². The lowest BCUT2D eigenvalue weighted by atomic mass is 9.83. The molecule has 4 N–H and O–H groups in total. The molecule has 56 heavy (non-hydrogen) atoms. The minimum absolute atomic E-state index is 0.172. The molecular weight excluding hydrogens is 721 g/mol. The number of carbonyl (C=O) groups excluding carboxylic acids is 2. The van der Waals surface area contributed by atoms with Gasteiger partial charge in [-0.3, -0.25) is 9.59 Å². The second kappa shape index (κ2) is 14.6. The Kier molecular flexibility index (Phi) is 10.3. The topological polar surface area (TPSA) is 116 Å². The Morgan fingerprint density at radius 2 is 0.964 bits per heavy atom. The Morgan fingerprint density at radius 1 is 0.607 bits per heavy atom. The molecule has 3 aromatic carbocycles. The zero-order valence-electron chi connectivity index (χ0n) is 33.0. The Labute approximate surface area is 325 Å². The number of rotatable bonds is 8. The molecule has 2 fully saturated rings. The summed E-state index contributed by atoms with van der Waals surface area (Å²) in [5.74, 6) is -5.46. The van der Waals surface area contributed by atoms with Gasteiger partial charge in [-0.25, -0.2) is 27.5 Å². The number of fused-ring (bicyclic) bond motifs is 2. The second-order valence-electron chi connectivity index (χ2n) is 18.2. The molecule has 0 bridgehead atoms. The van der Waals surface area contributed by atoms with Crippen LogP contribution in [0.1, 0.15) is 117 Å². The molecule has 0 radical (unpaired) electrons. The quantitative estimate of drug-likeness (QED) is 0.0928. The summed E-state index contributed by atoms with van der Waals surface area (Å²) in [7, 11) is 0. The van der Waals surface area contributed by atoms with Crippen molar-refractivity contribution in [1.82, 2.24) is 30.6 Å². The Morgan fingerprint density at radius 3 is 1.30 bits per heavy atom. The zero-order valence-corrected chi connectivity index (χ0v) is 33.0. The van der Waals surface area contributed by atoms with Gasteiger partial charge in [0.25, 0.3) is 0 Å². The molecule has 1 unspecified atom stereocenters. The third kappa shape index (κ3) is 8.64. The van der Waals surface area contributed by atoms with Gasteiger partial charge < -0.3 is 20.6 Å². The van der Waals surface area contributed by atoms with Crippen LogP contribution >= 0.6 is 0 Å². The van der Waals surface area contributed by atoms with Crippen LogP contribution in [0.25, 0.3) is 44.1 Å². The van der Waals surface area contributed by atoms with Gasteiger partial charge in [-0.05, 0) is 82.3 Å². The molecule has 2 aromatic heterocycles. The number of halogens is 4. The smallest absolute Gasteiger partial charge is 0.248 e. The van der Waals surface area contributed by atoms with E-state index in [2.05, 4.69) is 67.0 Å². The third-order valence-corrected chi connectivity index (χ3v) is 11.6. The molecule has 0 aliphatic heterocycles. The van der Waals surface area contributed by atoms with E-state index in [-0.39, 0.29) is 74.0 Å². The molecule has 8 nitrogen and oxygen atoms in total. The van der Waals surface area contributed by atoms with Crippen molar-refractivity contribution in [3.8, 4) is 22.5 Å². The number of hydrogen-bond acceptors (Lipinski definition) is 4. The predicted octanol–water partition coefficient (Wildman–Crippen LogP) is 10.8. The van der Waals surface area contributed by atoms with E-state index >= 15 is 0 Å². The molecule has 2 aliphatic rings. The van der Waals surface area contributed by atoms with Gasteiger partial charge in [0.15, 0.2) is 0 Å². The normalized spacial score (nSPS) is 19.2. The first kappa shape index (κ1) is 39.5. The number of aromatic nitrogens is 4. The highest BCUT2D eigenvalue weighted by molar-refractivity contribution is 6.00. The average molecular weight is 773 g/mol. The first-order valence-corrected chi connectivity index (χ1v) is 19.7. The highest BCUT2D eigenvalue weighted by atomic mass is 19.3. The summed E-state index contributed by atoms with van der Waals surface area (Å²) in [6.07, 6.45) is 3.15. The van der Waals surface area contributed by atoms with Crippen molar-refractivity contribution in [3.63, 3.8) is 0 Å². The molecule has 0 spiro atoms. The maximum absolute atomic E-state index is 13.7. The third-order valence-electron chi connectivity index (χ3n) is 11.6. The van der Waals surface area contributed by atoms with E-state index in [9.17, 15) is 27.2 Å². The van der Waals surface area contributed by atoms with E-state index in [4.69, 9.17) is 0 Å². The summed E-state index contributed by atoms with van der Waals surface area (Å²) >= 11 is 0. The second-order valence-corrected chi connectivity index (χ2v) is 18.2. The van der Waals surface area contributed by atoms with Gasteiger partial charge >= 0.3 is 0 Å². The number of benzene rings is 3. The summed E-state index contributed by atoms with van der Waals surface area (Å²) in [6, 6.07) is 15.8. The van der Waals surface area contributed by atoms with E-state index in [0.29, 0.717) is 11.6 Å². The van der Waals surface area contributed by atoms with Gasteiger partial charge in [0.2, 0.25) is 23.7 Å². The highest BCUT2D eigenvalue weighted by Crippen LogP contribution is 2.40. The minimum atomic E-state index is -2.69. The number of alkyl halides is 4. The van der Waals surface area contributed by atoms with Crippen molar-refractivity contribution in [2.24, 2.45) is 22.7 Å². The SMILES string of the molecule is CC(C)(C)C(NC(=O)C1CCC(F)(F)CC1)c1ncc(-c2ccc3cc4cc(-c5cnc([C@@H](NC(=O)C6CCC(F)(F)CC6)C(C)(C)C)[nH]5)ccc4cc3c2)[nH]1. The van der Waals surface area contributed by atoms with Crippen LogP contribution in [-0.4, -0.2) is 43.6 Å². The van der Waals surface area contributed by atoms with E-state index in [0.717, 1.165) is 44.1 Å². The lowest BCUT2D eigenvalue weighted by Gasteiger charge is -2.33. The van der Waals surface area contributed by atoms with Crippen LogP contribution in [0.4, 0.5) is 17.6 Å². The largest absolute Gasteiger partial charge is 0.345 e. The molecule has 298 valence electrons. The van der Waals surface area contributed by atoms with Gasteiger partial charge in [-0.15, -0.1) is 0 Å². The molecule has 5 aromatic rings. The Hall–Kier alpha value is -4.74. The maximum atomic E-state index is 13.7. The summed E-state index contributed by atoms with van der Waals surface area (Å²) in [6.45, 7) is 12.1. The van der Waals surface area contributed by atoms with Gasteiger partial charge in [-0.2, -0.15) is 0 Å². The van der Waals surface area contributed by atoms with E-state index in [1.54, 1.807) is 12.4 Å². The summed E-state index contributed by atoms with van der Waals surface area (Å²) < 4.78 is 55.0. The van der Waals surface area contributed by atoms with Gasteiger partial charge in [0, 0.05) is 48.6 Å². The molecule has 2 atom stereocenters. The molecule has 2 aliphatic carbocycles. The predicted molar refractivity (Wildman–Crippen MR) is 211 cm³/mol. The zero-order chi connectivity index (χ0) is 40.2. The monoisotopic (exact) mass is 772 g/mol. The molecule has 0 saturated heterocycles. The number of H-pyrrole nitrogens is 2. The van der Waals surface area contributed by atoms with Crippen LogP contribution in [0.2, 0.25) is 0 Å². The maximum Gasteiger partial charge on any atom is 0.248 e. The van der Waals surface area contributed by atoms with Gasteiger partial charge in [0.05, 0.1) is 35.9 Å².